The molecule has 0 heterocycles. The van der Waals surface area contributed by atoms with E-state index in [2.05, 4.69) is 12.1 Å². The van der Waals surface area contributed by atoms with E-state index in [1.807, 2.05) is 25.1 Å². The standard InChI is InChI=1S/C26H35NO6/c1-19-22(30-4)17-21(18-23(19)31-5)24(28)27(14-10-13-20-11-8-7-9-12-20)15-16-33-26(2,3)25(29)32-6/h7-9,11-12,17-18H,10,13-16H2,1-6H3. The molecule has 0 saturated heterocycles. The van der Waals surface area contributed by atoms with Crippen molar-refractivity contribution in [3.8, 4) is 11.5 Å². The summed E-state index contributed by atoms with van der Waals surface area (Å²) in [6.45, 7) is 6.23. The highest BCUT2D eigenvalue weighted by atomic mass is 16.6. The fourth-order valence-corrected chi connectivity index (χ4v) is 3.54. The van der Waals surface area contributed by atoms with Gasteiger partial charge in [0.25, 0.3) is 5.91 Å². The van der Waals surface area contributed by atoms with Crippen LogP contribution in [0.4, 0.5) is 0 Å². The van der Waals surface area contributed by atoms with Crippen LogP contribution >= 0.6 is 0 Å². The quantitative estimate of drug-likeness (QED) is 0.448. The average molecular weight is 458 g/mol. The Hall–Kier alpha value is -3.06. The van der Waals surface area contributed by atoms with Crippen LogP contribution in [-0.2, 0) is 20.7 Å². The number of benzene rings is 2. The van der Waals surface area contributed by atoms with Gasteiger partial charge in [0.05, 0.1) is 27.9 Å². The van der Waals surface area contributed by atoms with Gasteiger partial charge in [0.2, 0.25) is 0 Å². The summed E-state index contributed by atoms with van der Waals surface area (Å²) in [5.74, 6) is 0.562. The molecule has 0 aliphatic rings. The minimum absolute atomic E-state index is 0.154. The number of nitrogens with zero attached hydrogens (tertiary/aromatic N) is 1. The summed E-state index contributed by atoms with van der Waals surface area (Å²) in [5, 5.41) is 0. The molecule has 0 saturated carbocycles. The Balaban J connectivity index is 2.18. The maximum absolute atomic E-state index is 13.4. The van der Waals surface area contributed by atoms with E-state index in [4.69, 9.17) is 18.9 Å². The molecule has 0 aromatic heterocycles. The van der Waals surface area contributed by atoms with Crippen molar-refractivity contribution in [3.63, 3.8) is 0 Å². The van der Waals surface area contributed by atoms with Gasteiger partial charge in [0.1, 0.15) is 11.5 Å². The monoisotopic (exact) mass is 457 g/mol. The molecule has 0 N–H and O–H groups in total. The van der Waals surface area contributed by atoms with Gasteiger partial charge in [0, 0.05) is 24.2 Å². The molecule has 180 valence electrons. The number of esters is 1. The van der Waals surface area contributed by atoms with Crippen LogP contribution in [0.15, 0.2) is 42.5 Å². The van der Waals surface area contributed by atoms with Crippen LogP contribution in [0.3, 0.4) is 0 Å². The van der Waals surface area contributed by atoms with Crippen LogP contribution in [0.5, 0.6) is 11.5 Å². The molecule has 33 heavy (non-hydrogen) atoms. The maximum Gasteiger partial charge on any atom is 0.337 e. The van der Waals surface area contributed by atoms with E-state index in [-0.39, 0.29) is 12.5 Å². The number of amides is 1. The second-order valence-corrected chi connectivity index (χ2v) is 8.24. The lowest BCUT2D eigenvalue weighted by molar-refractivity contribution is -0.165. The molecule has 0 bridgehead atoms. The van der Waals surface area contributed by atoms with Gasteiger partial charge in [-0.3, -0.25) is 4.79 Å². The van der Waals surface area contributed by atoms with Crippen LogP contribution in [0.2, 0.25) is 0 Å². The number of methoxy groups -OCH3 is 3. The van der Waals surface area contributed by atoms with Crippen molar-refractivity contribution in [1.29, 1.82) is 0 Å². The van der Waals surface area contributed by atoms with E-state index in [9.17, 15) is 9.59 Å². The predicted molar refractivity (Wildman–Crippen MR) is 127 cm³/mol. The van der Waals surface area contributed by atoms with E-state index in [1.54, 1.807) is 45.1 Å². The molecule has 1 amide bonds. The number of aryl methyl sites for hydroxylation is 1. The van der Waals surface area contributed by atoms with Crippen LogP contribution < -0.4 is 9.47 Å². The molecule has 7 heteroatoms. The first-order valence-electron chi connectivity index (χ1n) is 11.0. The van der Waals surface area contributed by atoms with E-state index in [0.717, 1.165) is 18.4 Å². The highest BCUT2D eigenvalue weighted by Crippen LogP contribution is 2.30. The molecule has 0 radical (unpaired) electrons. The lowest BCUT2D eigenvalue weighted by Crippen LogP contribution is -2.40. The Morgan fingerprint density at radius 3 is 2.09 bits per heavy atom. The molecule has 2 aromatic rings. The third kappa shape index (κ3) is 7.22. The summed E-state index contributed by atoms with van der Waals surface area (Å²) >= 11 is 0. The third-order valence-electron chi connectivity index (χ3n) is 5.52. The van der Waals surface area contributed by atoms with Crippen molar-refractivity contribution in [2.75, 3.05) is 41.0 Å². The van der Waals surface area contributed by atoms with E-state index in [0.29, 0.717) is 30.2 Å². The second kappa shape index (κ2) is 12.3. The van der Waals surface area contributed by atoms with Gasteiger partial charge in [-0.25, -0.2) is 4.79 Å². The van der Waals surface area contributed by atoms with E-state index >= 15 is 0 Å². The minimum atomic E-state index is -1.09. The second-order valence-electron chi connectivity index (χ2n) is 8.24. The highest BCUT2D eigenvalue weighted by molar-refractivity contribution is 5.95. The van der Waals surface area contributed by atoms with Crippen LogP contribution in [0, 0.1) is 6.92 Å². The third-order valence-corrected chi connectivity index (χ3v) is 5.52. The van der Waals surface area contributed by atoms with Crippen molar-refractivity contribution in [1.82, 2.24) is 4.90 Å². The first-order chi connectivity index (χ1) is 15.7. The molecule has 0 aliphatic carbocycles. The fraction of sp³-hybridized carbons (Fsp3) is 0.462. The number of ether oxygens (including phenoxy) is 4. The summed E-state index contributed by atoms with van der Waals surface area (Å²) < 4.78 is 21.4. The first kappa shape index (κ1) is 26.2. The minimum Gasteiger partial charge on any atom is -0.496 e. The zero-order valence-corrected chi connectivity index (χ0v) is 20.5. The summed E-state index contributed by atoms with van der Waals surface area (Å²) in [7, 11) is 4.46. The van der Waals surface area contributed by atoms with Gasteiger partial charge in [0.15, 0.2) is 5.60 Å². The Morgan fingerprint density at radius 1 is 0.939 bits per heavy atom. The smallest absolute Gasteiger partial charge is 0.337 e. The molecule has 2 rings (SSSR count). The lowest BCUT2D eigenvalue weighted by atomic mass is 10.1. The number of carbonyl (C=O) groups excluding carboxylic acids is 2. The molecule has 0 spiro atoms. The number of carbonyl (C=O) groups is 2. The van der Waals surface area contributed by atoms with E-state index in [1.165, 1.54) is 12.7 Å². The van der Waals surface area contributed by atoms with Gasteiger partial charge < -0.3 is 23.8 Å². The molecular weight excluding hydrogens is 422 g/mol. The largest absolute Gasteiger partial charge is 0.496 e. The molecule has 0 fully saturated rings. The number of hydrogen-bond donors (Lipinski definition) is 0. The molecule has 2 aromatic carbocycles. The normalized spacial score (nSPS) is 11.1. The van der Waals surface area contributed by atoms with Crippen LogP contribution in [0.1, 0.15) is 41.8 Å². The van der Waals surface area contributed by atoms with Crippen molar-refractivity contribution in [2.45, 2.75) is 39.2 Å². The maximum atomic E-state index is 13.4. The molecular formula is C26H35NO6. The molecule has 0 aliphatic heterocycles. The van der Waals surface area contributed by atoms with Gasteiger partial charge in [-0.1, -0.05) is 30.3 Å². The topological polar surface area (TPSA) is 74.3 Å². The van der Waals surface area contributed by atoms with Crippen molar-refractivity contribution in [2.24, 2.45) is 0 Å². The van der Waals surface area contributed by atoms with Gasteiger partial charge in [-0.15, -0.1) is 0 Å². The molecule has 0 unspecified atom stereocenters. The Morgan fingerprint density at radius 2 is 1.55 bits per heavy atom. The Bertz CT molecular complexity index is 901. The van der Waals surface area contributed by atoms with Crippen LogP contribution in [-0.4, -0.2) is 63.4 Å². The van der Waals surface area contributed by atoms with E-state index < -0.39 is 11.6 Å². The summed E-state index contributed by atoms with van der Waals surface area (Å²) in [6.07, 6.45) is 1.63. The molecule has 0 atom stereocenters. The highest BCUT2D eigenvalue weighted by Gasteiger charge is 2.30. The average Bonchev–Trinajstić information content (AvgIpc) is 2.82. The lowest BCUT2D eigenvalue weighted by Gasteiger charge is -2.27. The SMILES string of the molecule is COC(=O)C(C)(C)OCCN(CCCc1ccccc1)C(=O)c1cc(OC)c(C)c(OC)c1. The van der Waals surface area contributed by atoms with Crippen molar-refractivity contribution >= 4 is 11.9 Å². The van der Waals surface area contributed by atoms with Gasteiger partial charge >= 0.3 is 5.97 Å². The Labute approximate surface area is 196 Å². The Kier molecular flexibility index (Phi) is 9.73. The predicted octanol–water partition coefficient (Wildman–Crippen LogP) is 4.06. The molecule has 7 nitrogen and oxygen atoms in total. The van der Waals surface area contributed by atoms with Crippen LogP contribution in [0.25, 0.3) is 0 Å². The summed E-state index contributed by atoms with van der Waals surface area (Å²) in [4.78, 5) is 27.1. The fourth-order valence-electron chi connectivity index (χ4n) is 3.54. The number of hydrogen-bond acceptors (Lipinski definition) is 6. The van der Waals surface area contributed by atoms with Crippen molar-refractivity contribution < 1.29 is 28.5 Å². The summed E-state index contributed by atoms with van der Waals surface area (Å²) in [5.41, 5.74) is 1.42. The van der Waals surface area contributed by atoms with Gasteiger partial charge in [-0.2, -0.15) is 0 Å². The van der Waals surface area contributed by atoms with Crippen molar-refractivity contribution in [3.05, 3.63) is 59.2 Å². The zero-order valence-electron chi connectivity index (χ0n) is 20.5. The zero-order chi connectivity index (χ0) is 24.4. The first-order valence-corrected chi connectivity index (χ1v) is 11.0. The van der Waals surface area contributed by atoms with Gasteiger partial charge in [-0.05, 0) is 51.3 Å². The summed E-state index contributed by atoms with van der Waals surface area (Å²) in [6, 6.07) is 13.6. The number of rotatable bonds is 12.